The van der Waals surface area contributed by atoms with Crippen molar-refractivity contribution < 1.29 is 4.39 Å². The predicted molar refractivity (Wildman–Crippen MR) is 41.8 cm³/mol. The SMILES string of the molecule is CCC1=CC=C(Cl)C(F)C1. The fourth-order valence-electron chi connectivity index (χ4n) is 0.960. The maximum absolute atomic E-state index is 12.8. The van der Waals surface area contributed by atoms with E-state index in [9.17, 15) is 4.39 Å². The van der Waals surface area contributed by atoms with Gasteiger partial charge < -0.3 is 0 Å². The molecule has 0 saturated heterocycles. The maximum atomic E-state index is 12.8. The zero-order valence-electron chi connectivity index (χ0n) is 5.90. The van der Waals surface area contributed by atoms with Crippen LogP contribution in [0, 0.1) is 0 Å². The summed E-state index contributed by atoms with van der Waals surface area (Å²) in [5, 5.41) is 0.331. The van der Waals surface area contributed by atoms with Gasteiger partial charge in [-0.05, 0) is 12.5 Å². The molecule has 1 aliphatic rings. The number of hydrogen-bond donors (Lipinski definition) is 0. The Morgan fingerprint density at radius 1 is 1.70 bits per heavy atom. The van der Waals surface area contributed by atoms with Crippen LogP contribution in [0.3, 0.4) is 0 Å². The van der Waals surface area contributed by atoms with Gasteiger partial charge in [-0.15, -0.1) is 0 Å². The maximum Gasteiger partial charge on any atom is 0.139 e. The van der Waals surface area contributed by atoms with Crippen LogP contribution in [0.4, 0.5) is 4.39 Å². The molecule has 0 aromatic carbocycles. The number of alkyl halides is 1. The monoisotopic (exact) mass is 160 g/mol. The number of halogens is 2. The number of allylic oxidation sites excluding steroid dienone is 4. The van der Waals surface area contributed by atoms with E-state index in [4.69, 9.17) is 11.6 Å². The summed E-state index contributed by atoms with van der Waals surface area (Å²) in [6.45, 7) is 2.02. The zero-order valence-corrected chi connectivity index (χ0v) is 6.66. The van der Waals surface area contributed by atoms with E-state index in [-0.39, 0.29) is 0 Å². The standard InChI is InChI=1S/C8H10ClF/c1-2-6-3-4-7(9)8(10)5-6/h3-4,8H,2,5H2,1H3. The molecule has 0 N–H and O–H groups in total. The van der Waals surface area contributed by atoms with Gasteiger partial charge in [-0.25, -0.2) is 4.39 Å². The quantitative estimate of drug-likeness (QED) is 0.553. The van der Waals surface area contributed by atoms with Gasteiger partial charge >= 0.3 is 0 Å². The summed E-state index contributed by atoms with van der Waals surface area (Å²) in [5.41, 5.74) is 1.14. The molecule has 0 aliphatic heterocycles. The highest BCUT2D eigenvalue weighted by Gasteiger charge is 2.15. The third kappa shape index (κ3) is 1.60. The third-order valence-electron chi connectivity index (χ3n) is 1.67. The molecular weight excluding hydrogens is 151 g/mol. The molecule has 0 aromatic rings. The van der Waals surface area contributed by atoms with E-state index < -0.39 is 6.17 Å². The highest BCUT2D eigenvalue weighted by Crippen LogP contribution is 2.25. The topological polar surface area (TPSA) is 0 Å². The highest BCUT2D eigenvalue weighted by molar-refractivity contribution is 6.30. The average Bonchev–Trinajstić information content (AvgIpc) is 1.95. The van der Waals surface area contributed by atoms with Crippen LogP contribution in [0.15, 0.2) is 22.8 Å². The second kappa shape index (κ2) is 3.20. The first-order valence-electron chi connectivity index (χ1n) is 3.43. The van der Waals surface area contributed by atoms with Gasteiger partial charge in [-0.1, -0.05) is 30.2 Å². The Morgan fingerprint density at radius 3 is 2.90 bits per heavy atom. The van der Waals surface area contributed by atoms with E-state index in [2.05, 4.69) is 0 Å². The average molecular weight is 161 g/mol. The van der Waals surface area contributed by atoms with Crippen molar-refractivity contribution in [3.63, 3.8) is 0 Å². The minimum Gasteiger partial charge on any atom is -0.241 e. The lowest BCUT2D eigenvalue weighted by Gasteiger charge is -2.12. The summed E-state index contributed by atoms with van der Waals surface area (Å²) in [5.74, 6) is 0. The van der Waals surface area contributed by atoms with Crippen LogP contribution in [0.5, 0.6) is 0 Å². The first-order valence-corrected chi connectivity index (χ1v) is 3.81. The van der Waals surface area contributed by atoms with Gasteiger partial charge in [0.2, 0.25) is 0 Å². The molecule has 0 heterocycles. The van der Waals surface area contributed by atoms with Crippen LogP contribution in [0.1, 0.15) is 19.8 Å². The van der Waals surface area contributed by atoms with E-state index in [1.165, 1.54) is 0 Å². The molecule has 1 atom stereocenters. The van der Waals surface area contributed by atoms with Crippen molar-refractivity contribution >= 4 is 11.6 Å². The summed E-state index contributed by atoms with van der Waals surface area (Å²) in [6.07, 6.45) is 3.99. The molecule has 0 bridgehead atoms. The number of hydrogen-bond acceptors (Lipinski definition) is 0. The van der Waals surface area contributed by atoms with E-state index >= 15 is 0 Å². The minimum atomic E-state index is -0.957. The van der Waals surface area contributed by atoms with E-state index in [1.54, 1.807) is 6.08 Å². The molecule has 0 spiro atoms. The molecule has 0 fully saturated rings. The van der Waals surface area contributed by atoms with Crippen molar-refractivity contribution in [3.05, 3.63) is 22.8 Å². The van der Waals surface area contributed by atoms with Crippen LogP contribution in [-0.2, 0) is 0 Å². The Kier molecular flexibility index (Phi) is 2.50. The van der Waals surface area contributed by atoms with Crippen molar-refractivity contribution in [3.8, 4) is 0 Å². The molecule has 1 unspecified atom stereocenters. The van der Waals surface area contributed by atoms with Gasteiger partial charge in [0, 0.05) is 6.42 Å². The third-order valence-corrected chi connectivity index (χ3v) is 2.04. The Balaban J connectivity index is 2.68. The summed E-state index contributed by atoms with van der Waals surface area (Å²) >= 11 is 5.53. The summed E-state index contributed by atoms with van der Waals surface area (Å²) < 4.78 is 12.8. The lowest BCUT2D eigenvalue weighted by atomic mass is 10.0. The van der Waals surface area contributed by atoms with Crippen LogP contribution < -0.4 is 0 Å². The Hall–Kier alpha value is -0.300. The summed E-state index contributed by atoms with van der Waals surface area (Å²) in [6, 6.07) is 0. The van der Waals surface area contributed by atoms with Crippen LogP contribution >= 0.6 is 11.6 Å². The van der Waals surface area contributed by atoms with Crippen molar-refractivity contribution in [2.75, 3.05) is 0 Å². The van der Waals surface area contributed by atoms with Crippen LogP contribution in [0.2, 0.25) is 0 Å². The van der Waals surface area contributed by atoms with Crippen molar-refractivity contribution in [1.29, 1.82) is 0 Å². The van der Waals surface area contributed by atoms with E-state index in [0.717, 1.165) is 12.0 Å². The van der Waals surface area contributed by atoms with Gasteiger partial charge in [0.05, 0.1) is 5.03 Å². The second-order valence-electron chi connectivity index (χ2n) is 2.40. The fraction of sp³-hybridized carbons (Fsp3) is 0.500. The minimum absolute atomic E-state index is 0.331. The number of rotatable bonds is 1. The molecule has 0 amide bonds. The van der Waals surface area contributed by atoms with Crippen molar-refractivity contribution in [1.82, 2.24) is 0 Å². The Labute approximate surface area is 65.4 Å². The molecule has 0 aromatic heterocycles. The lowest BCUT2D eigenvalue weighted by molar-refractivity contribution is 0.386. The van der Waals surface area contributed by atoms with E-state index in [1.807, 2.05) is 13.0 Å². The van der Waals surface area contributed by atoms with Crippen LogP contribution in [-0.4, -0.2) is 6.17 Å². The summed E-state index contributed by atoms with van der Waals surface area (Å²) in [7, 11) is 0. The molecule has 56 valence electrons. The van der Waals surface area contributed by atoms with Crippen molar-refractivity contribution in [2.45, 2.75) is 25.9 Å². The molecule has 0 nitrogen and oxygen atoms in total. The predicted octanol–water partition coefficient (Wildman–Crippen LogP) is 3.19. The largest absolute Gasteiger partial charge is 0.241 e. The van der Waals surface area contributed by atoms with E-state index in [0.29, 0.717) is 11.5 Å². The molecule has 2 heteroatoms. The van der Waals surface area contributed by atoms with Crippen molar-refractivity contribution in [2.24, 2.45) is 0 Å². The van der Waals surface area contributed by atoms with Gasteiger partial charge in [0.1, 0.15) is 6.17 Å². The fourth-order valence-corrected chi connectivity index (χ4v) is 1.10. The first kappa shape index (κ1) is 7.80. The molecule has 0 saturated carbocycles. The Morgan fingerprint density at radius 2 is 2.40 bits per heavy atom. The zero-order chi connectivity index (χ0) is 7.56. The lowest BCUT2D eigenvalue weighted by Crippen LogP contribution is -2.05. The summed E-state index contributed by atoms with van der Waals surface area (Å²) in [4.78, 5) is 0. The molecule has 1 rings (SSSR count). The normalized spacial score (nSPS) is 25.7. The van der Waals surface area contributed by atoms with Gasteiger partial charge in [-0.2, -0.15) is 0 Å². The van der Waals surface area contributed by atoms with Gasteiger partial charge in [0.15, 0.2) is 0 Å². The first-order chi connectivity index (χ1) is 4.74. The van der Waals surface area contributed by atoms with Gasteiger partial charge in [0.25, 0.3) is 0 Å². The highest BCUT2D eigenvalue weighted by atomic mass is 35.5. The molecule has 10 heavy (non-hydrogen) atoms. The second-order valence-corrected chi connectivity index (χ2v) is 2.84. The smallest absolute Gasteiger partial charge is 0.139 e. The van der Waals surface area contributed by atoms with Gasteiger partial charge in [-0.3, -0.25) is 0 Å². The molecule has 1 aliphatic carbocycles. The molecule has 0 radical (unpaired) electrons. The Bertz CT molecular complexity index is 182. The molecular formula is C8H10ClF. The van der Waals surface area contributed by atoms with Crippen LogP contribution in [0.25, 0.3) is 0 Å².